The van der Waals surface area contributed by atoms with Gasteiger partial charge in [-0.3, -0.25) is 37.3 Å². The normalized spacial score (nSPS) is 14.2. The van der Waals surface area contributed by atoms with E-state index in [0.29, 0.717) is 25.7 Å². The fourth-order valence-corrected chi connectivity index (χ4v) is 14.7. The Kier molecular flexibility index (Phi) is 73.7. The van der Waals surface area contributed by atoms with Gasteiger partial charge in [0.15, 0.2) is 12.2 Å². The minimum absolute atomic E-state index is 0.107. The topological polar surface area (TPSA) is 237 Å². The molecular weight excluding hydrogens is 1350 g/mol. The summed E-state index contributed by atoms with van der Waals surface area (Å²) in [6.07, 6.45) is 65.1. The molecule has 6 atom stereocenters. The first-order chi connectivity index (χ1) is 50.3. The minimum atomic E-state index is -4.97. The zero-order chi connectivity index (χ0) is 76.5. The highest BCUT2D eigenvalue weighted by Crippen LogP contribution is 2.45. The number of phosphoric ester groups is 2. The van der Waals surface area contributed by atoms with Crippen LogP contribution in [-0.4, -0.2) is 96.7 Å². The Morgan fingerprint density at radius 1 is 0.279 bits per heavy atom. The van der Waals surface area contributed by atoms with Gasteiger partial charge in [0.2, 0.25) is 0 Å². The standard InChI is InChI=1S/C85H166O17P2/c1-8-10-11-12-13-14-15-31-38-45-52-59-66-82(87)95-72-80(102-85(90)69-62-55-48-41-34-27-25-29-36-43-50-57-64-77(5)6)74-99-103(91,92)97-70-79(86)71-98-104(93,94)100-75-81(73-96-83(88)67-60-53-46-39-32-26-24-28-35-42-49-56-63-76(3)4)101-84(89)68-61-54-47-40-33-23-21-19-17-16-18-20-22-30-37-44-51-58-65-78(7)9-2/h76-81,86H,8-75H2,1-7H3,(H,91,92)(H,93,94)/t78?,79-,80+,81+/m0/s1. The van der Waals surface area contributed by atoms with E-state index in [1.54, 1.807) is 0 Å². The summed E-state index contributed by atoms with van der Waals surface area (Å²) in [4.78, 5) is 73.2. The summed E-state index contributed by atoms with van der Waals surface area (Å²) >= 11 is 0. The molecule has 3 N–H and O–H groups in total. The Balaban J connectivity index is 5.24. The lowest BCUT2D eigenvalue weighted by Crippen LogP contribution is -2.30. The molecule has 0 amide bonds. The summed E-state index contributed by atoms with van der Waals surface area (Å²) in [7, 11) is -9.93. The lowest BCUT2D eigenvalue weighted by Gasteiger charge is -2.21. The fourth-order valence-electron chi connectivity index (χ4n) is 13.2. The van der Waals surface area contributed by atoms with Gasteiger partial charge in [-0.05, 0) is 43.4 Å². The van der Waals surface area contributed by atoms with Gasteiger partial charge in [0.1, 0.15) is 19.3 Å². The summed E-state index contributed by atoms with van der Waals surface area (Å²) in [5, 5.41) is 10.7. The summed E-state index contributed by atoms with van der Waals surface area (Å²) < 4.78 is 68.9. The zero-order valence-corrected chi connectivity index (χ0v) is 70.3. The molecule has 618 valence electrons. The molecule has 0 aliphatic heterocycles. The van der Waals surface area contributed by atoms with Crippen LogP contribution in [0.4, 0.5) is 0 Å². The molecule has 0 fully saturated rings. The Bertz CT molecular complexity index is 2010. The summed E-state index contributed by atoms with van der Waals surface area (Å²) in [6, 6.07) is 0. The van der Waals surface area contributed by atoms with Crippen molar-refractivity contribution in [3.05, 3.63) is 0 Å². The van der Waals surface area contributed by atoms with Crippen molar-refractivity contribution in [3.8, 4) is 0 Å². The van der Waals surface area contributed by atoms with E-state index in [1.807, 2.05) is 0 Å². The lowest BCUT2D eigenvalue weighted by atomic mass is 9.99. The highest BCUT2D eigenvalue weighted by atomic mass is 31.2. The summed E-state index contributed by atoms with van der Waals surface area (Å²) in [5.74, 6) is 0.325. The fraction of sp³-hybridized carbons (Fsp3) is 0.953. The molecule has 0 aromatic rings. The number of unbranched alkanes of at least 4 members (excludes halogenated alkanes) is 50. The Hall–Kier alpha value is -1.94. The Morgan fingerprint density at radius 2 is 0.490 bits per heavy atom. The van der Waals surface area contributed by atoms with Crippen molar-refractivity contribution in [1.82, 2.24) is 0 Å². The maximum atomic E-state index is 13.1. The molecule has 0 bridgehead atoms. The van der Waals surface area contributed by atoms with Crippen molar-refractivity contribution in [2.45, 2.75) is 465 Å². The number of aliphatic hydroxyl groups excluding tert-OH is 1. The van der Waals surface area contributed by atoms with Crippen LogP contribution in [0.15, 0.2) is 0 Å². The van der Waals surface area contributed by atoms with Crippen molar-refractivity contribution < 1.29 is 80.2 Å². The van der Waals surface area contributed by atoms with E-state index in [9.17, 15) is 43.2 Å². The second kappa shape index (κ2) is 75.1. The van der Waals surface area contributed by atoms with Crippen LogP contribution in [0.1, 0.15) is 447 Å². The van der Waals surface area contributed by atoms with Crippen molar-refractivity contribution in [1.29, 1.82) is 0 Å². The van der Waals surface area contributed by atoms with Gasteiger partial charge >= 0.3 is 39.5 Å². The quantitative estimate of drug-likeness (QED) is 0.0222. The SMILES string of the molecule is CCCCCCCCCCCCCCC(=O)OC[C@H](COP(=O)(O)OC[C@H](O)COP(=O)(O)OC[C@@H](COC(=O)CCCCCCCCCCCCCCC(C)C)OC(=O)CCCCCCCCCCCCCCCCCCCCC(C)CC)OC(=O)CCCCCCCCCCCCCCC(C)C. The molecule has 0 aliphatic rings. The van der Waals surface area contributed by atoms with E-state index < -0.39 is 97.5 Å². The van der Waals surface area contributed by atoms with Gasteiger partial charge in [-0.1, -0.05) is 395 Å². The molecule has 0 saturated heterocycles. The highest BCUT2D eigenvalue weighted by molar-refractivity contribution is 7.47. The van der Waals surface area contributed by atoms with Crippen LogP contribution in [0.3, 0.4) is 0 Å². The molecule has 17 nitrogen and oxygen atoms in total. The van der Waals surface area contributed by atoms with Gasteiger partial charge in [0.05, 0.1) is 26.4 Å². The Morgan fingerprint density at radius 3 is 0.731 bits per heavy atom. The average Bonchev–Trinajstić information content (AvgIpc) is 0.911. The summed E-state index contributed by atoms with van der Waals surface area (Å²) in [6.45, 7) is 12.1. The number of esters is 4. The van der Waals surface area contributed by atoms with E-state index in [4.69, 9.17) is 37.0 Å². The number of rotatable bonds is 83. The maximum Gasteiger partial charge on any atom is 0.472 e. The first-order valence-electron chi connectivity index (χ1n) is 43.9. The van der Waals surface area contributed by atoms with Gasteiger partial charge in [0, 0.05) is 25.7 Å². The average molecular weight is 1520 g/mol. The molecule has 0 rings (SSSR count). The van der Waals surface area contributed by atoms with Crippen LogP contribution in [0.2, 0.25) is 0 Å². The predicted molar refractivity (Wildman–Crippen MR) is 428 cm³/mol. The zero-order valence-electron chi connectivity index (χ0n) is 68.5. The minimum Gasteiger partial charge on any atom is -0.462 e. The van der Waals surface area contributed by atoms with Crippen LogP contribution >= 0.6 is 15.6 Å². The van der Waals surface area contributed by atoms with Crippen molar-refractivity contribution in [3.63, 3.8) is 0 Å². The molecule has 3 unspecified atom stereocenters. The number of ether oxygens (including phenoxy) is 4. The number of phosphoric acid groups is 2. The third kappa shape index (κ3) is 76.8. The van der Waals surface area contributed by atoms with Crippen molar-refractivity contribution in [2.24, 2.45) is 17.8 Å². The second-order valence-electron chi connectivity index (χ2n) is 31.8. The van der Waals surface area contributed by atoms with E-state index in [0.717, 1.165) is 108 Å². The Labute approximate surface area is 638 Å². The van der Waals surface area contributed by atoms with Crippen LogP contribution in [0.5, 0.6) is 0 Å². The maximum absolute atomic E-state index is 13.1. The molecule has 0 saturated carbocycles. The highest BCUT2D eigenvalue weighted by Gasteiger charge is 2.30. The molecule has 0 aromatic carbocycles. The van der Waals surface area contributed by atoms with Gasteiger partial charge in [-0.25, -0.2) is 9.13 Å². The first-order valence-corrected chi connectivity index (χ1v) is 46.9. The van der Waals surface area contributed by atoms with Gasteiger partial charge in [-0.2, -0.15) is 0 Å². The van der Waals surface area contributed by atoms with E-state index >= 15 is 0 Å². The van der Waals surface area contributed by atoms with Gasteiger partial charge in [0.25, 0.3) is 0 Å². The predicted octanol–water partition coefficient (Wildman–Crippen LogP) is 25.7. The number of aliphatic hydroxyl groups is 1. The van der Waals surface area contributed by atoms with E-state index in [1.165, 1.54) is 257 Å². The molecule has 0 aliphatic carbocycles. The largest absolute Gasteiger partial charge is 0.472 e. The summed E-state index contributed by atoms with van der Waals surface area (Å²) in [5.41, 5.74) is 0. The smallest absolute Gasteiger partial charge is 0.462 e. The molecule has 0 heterocycles. The number of hydrogen-bond donors (Lipinski definition) is 3. The van der Waals surface area contributed by atoms with Crippen LogP contribution in [0.25, 0.3) is 0 Å². The molecule has 104 heavy (non-hydrogen) atoms. The van der Waals surface area contributed by atoms with Crippen LogP contribution in [0, 0.1) is 17.8 Å². The van der Waals surface area contributed by atoms with E-state index in [2.05, 4.69) is 48.5 Å². The number of carbonyl (C=O) groups is 4. The first kappa shape index (κ1) is 102. The molecular formula is C85H166O17P2. The third-order valence-electron chi connectivity index (χ3n) is 20.2. The third-order valence-corrected chi connectivity index (χ3v) is 22.1. The van der Waals surface area contributed by atoms with Crippen molar-refractivity contribution in [2.75, 3.05) is 39.6 Å². The number of hydrogen-bond acceptors (Lipinski definition) is 15. The van der Waals surface area contributed by atoms with Crippen LogP contribution in [-0.2, 0) is 65.4 Å². The van der Waals surface area contributed by atoms with E-state index in [-0.39, 0.29) is 25.7 Å². The monoisotopic (exact) mass is 1520 g/mol. The molecule has 0 aromatic heterocycles. The van der Waals surface area contributed by atoms with Gasteiger partial charge < -0.3 is 33.8 Å². The second-order valence-corrected chi connectivity index (χ2v) is 34.7. The molecule has 19 heteroatoms. The molecule has 0 spiro atoms. The lowest BCUT2D eigenvalue weighted by molar-refractivity contribution is -0.161. The molecule has 0 radical (unpaired) electrons. The van der Waals surface area contributed by atoms with Crippen LogP contribution < -0.4 is 0 Å². The van der Waals surface area contributed by atoms with Crippen molar-refractivity contribution >= 4 is 39.5 Å². The number of carbonyl (C=O) groups excluding carboxylic acids is 4. The van der Waals surface area contributed by atoms with Gasteiger partial charge in [-0.15, -0.1) is 0 Å².